The average Bonchev–Trinajstić information content (AvgIpc) is 2.50. The Balaban J connectivity index is 2.10. The van der Waals surface area contributed by atoms with Crippen LogP contribution in [0, 0.1) is 21.7 Å². The van der Waals surface area contributed by atoms with Crippen molar-refractivity contribution in [2.75, 3.05) is 5.32 Å². The molecule has 0 saturated heterocycles. The van der Waals surface area contributed by atoms with Gasteiger partial charge < -0.3 is 20.2 Å². The van der Waals surface area contributed by atoms with E-state index in [1.807, 2.05) is 0 Å². The number of pyridine rings is 1. The number of halogens is 2. The Kier molecular flexibility index (Phi) is 4.79. The van der Waals surface area contributed by atoms with Crippen LogP contribution in [0.5, 0.6) is 5.75 Å². The highest BCUT2D eigenvalue weighted by Crippen LogP contribution is 2.24. The fraction of sp³-hybridized carbons (Fsp3) is 0.143. The second-order valence-corrected chi connectivity index (χ2v) is 4.46. The summed E-state index contributed by atoms with van der Waals surface area (Å²) in [6.45, 7) is 1.33. The molecule has 2 aromatic rings. The first kappa shape index (κ1) is 16.3. The zero-order chi connectivity index (χ0) is 17.0. The molecule has 0 saturated carbocycles. The van der Waals surface area contributed by atoms with Crippen LogP contribution in [-0.4, -0.2) is 21.9 Å². The van der Waals surface area contributed by atoms with Gasteiger partial charge in [-0.15, -0.1) is 0 Å². The first-order chi connectivity index (χ1) is 10.9. The molecule has 23 heavy (non-hydrogen) atoms. The van der Waals surface area contributed by atoms with Crippen molar-refractivity contribution in [2.45, 2.75) is 13.0 Å². The van der Waals surface area contributed by atoms with Crippen molar-refractivity contribution in [3.63, 3.8) is 0 Å². The molecule has 0 aliphatic heterocycles. The van der Waals surface area contributed by atoms with Crippen molar-refractivity contribution in [1.29, 1.82) is 0 Å². The molecule has 1 atom stereocenters. The predicted octanol–water partition coefficient (Wildman–Crippen LogP) is 2.67. The summed E-state index contributed by atoms with van der Waals surface area (Å²) >= 11 is 0. The normalized spacial score (nSPS) is 11.6. The molecule has 0 aliphatic rings. The number of nitrogens with one attached hydrogen (secondary N) is 1. The molecule has 9 heteroatoms. The maximum absolute atomic E-state index is 13.5. The Morgan fingerprint density at radius 1 is 1.39 bits per heavy atom. The van der Waals surface area contributed by atoms with Crippen LogP contribution in [0.15, 0.2) is 36.5 Å². The molecular formula is C14H11F2N3O4. The van der Waals surface area contributed by atoms with E-state index in [1.54, 1.807) is 0 Å². The number of benzene rings is 1. The summed E-state index contributed by atoms with van der Waals surface area (Å²) in [5, 5.41) is 13.0. The van der Waals surface area contributed by atoms with Crippen LogP contribution >= 0.6 is 0 Å². The smallest absolute Gasteiger partial charge is 0.406 e. The lowest BCUT2D eigenvalue weighted by molar-refractivity contribution is -0.390. The quantitative estimate of drug-likeness (QED) is 0.674. The van der Waals surface area contributed by atoms with Crippen molar-refractivity contribution in [2.24, 2.45) is 0 Å². The van der Waals surface area contributed by atoms with E-state index in [9.17, 15) is 23.7 Å². The number of hydrogen-bond acceptors (Lipinski definition) is 5. The summed E-state index contributed by atoms with van der Waals surface area (Å²) in [4.78, 5) is 25.6. The first-order valence-corrected chi connectivity index (χ1v) is 6.40. The standard InChI is InChI=1S/C14H11F2N3O4/c1-8(23-12-3-2-6-17-13(12)19(21)22)14(20)18-11-5-4-9(15)7-10(11)16/h2-8H,1H3,(H,18,20). The summed E-state index contributed by atoms with van der Waals surface area (Å²) in [7, 11) is 0. The number of carbonyl (C=O) groups is 1. The summed E-state index contributed by atoms with van der Waals surface area (Å²) in [6.07, 6.45) is 0.0474. The van der Waals surface area contributed by atoms with Gasteiger partial charge in [-0.1, -0.05) is 0 Å². The van der Waals surface area contributed by atoms with E-state index >= 15 is 0 Å². The lowest BCUT2D eigenvalue weighted by atomic mass is 10.2. The molecule has 2 rings (SSSR count). The second kappa shape index (κ2) is 6.77. The van der Waals surface area contributed by atoms with Crippen molar-refractivity contribution < 1.29 is 23.2 Å². The summed E-state index contributed by atoms with van der Waals surface area (Å²) in [5.74, 6) is -3.22. The number of anilines is 1. The van der Waals surface area contributed by atoms with Gasteiger partial charge in [-0.2, -0.15) is 0 Å². The minimum atomic E-state index is -1.16. The highest BCUT2D eigenvalue weighted by Gasteiger charge is 2.22. The number of ether oxygens (including phenoxy) is 1. The van der Waals surface area contributed by atoms with Crippen molar-refractivity contribution >= 4 is 17.4 Å². The molecule has 120 valence electrons. The van der Waals surface area contributed by atoms with E-state index < -0.39 is 34.4 Å². The molecule has 1 heterocycles. The number of hydrogen-bond donors (Lipinski definition) is 1. The molecule has 0 radical (unpaired) electrons. The highest BCUT2D eigenvalue weighted by molar-refractivity contribution is 5.94. The Hall–Kier alpha value is -3.10. The van der Waals surface area contributed by atoms with Gasteiger partial charge in [-0.3, -0.25) is 4.79 Å². The van der Waals surface area contributed by atoms with Crippen LogP contribution in [0.2, 0.25) is 0 Å². The van der Waals surface area contributed by atoms with E-state index in [-0.39, 0.29) is 11.4 Å². The third-order valence-corrected chi connectivity index (χ3v) is 2.79. The van der Waals surface area contributed by atoms with E-state index in [1.165, 1.54) is 25.3 Å². The maximum atomic E-state index is 13.5. The topological polar surface area (TPSA) is 94.4 Å². The fourth-order valence-electron chi connectivity index (χ4n) is 1.68. The van der Waals surface area contributed by atoms with Crippen molar-refractivity contribution in [3.05, 3.63) is 58.3 Å². The van der Waals surface area contributed by atoms with Gasteiger partial charge in [-0.05, 0) is 41.1 Å². The lowest BCUT2D eigenvalue weighted by Crippen LogP contribution is -2.30. The molecule has 1 amide bonds. The summed E-state index contributed by atoms with van der Waals surface area (Å²) in [6, 6.07) is 5.35. The van der Waals surface area contributed by atoms with Gasteiger partial charge in [0, 0.05) is 6.07 Å². The molecule has 0 fully saturated rings. The van der Waals surface area contributed by atoms with Gasteiger partial charge in [0.15, 0.2) is 6.10 Å². The maximum Gasteiger partial charge on any atom is 0.406 e. The first-order valence-electron chi connectivity index (χ1n) is 6.40. The lowest BCUT2D eigenvalue weighted by Gasteiger charge is -2.14. The van der Waals surface area contributed by atoms with E-state index in [4.69, 9.17) is 4.74 Å². The van der Waals surface area contributed by atoms with Crippen LogP contribution < -0.4 is 10.1 Å². The Morgan fingerprint density at radius 2 is 2.13 bits per heavy atom. The SMILES string of the molecule is CC(Oc1cccnc1[N+](=O)[O-])C(=O)Nc1ccc(F)cc1F. The molecular weight excluding hydrogens is 312 g/mol. The molecule has 7 nitrogen and oxygen atoms in total. The molecule has 1 unspecified atom stereocenters. The van der Waals surface area contributed by atoms with Crippen molar-refractivity contribution in [1.82, 2.24) is 4.98 Å². The second-order valence-electron chi connectivity index (χ2n) is 4.46. The molecule has 1 aromatic heterocycles. The molecule has 0 aliphatic carbocycles. The third kappa shape index (κ3) is 3.96. The van der Waals surface area contributed by atoms with Crippen LogP contribution in [-0.2, 0) is 4.79 Å². The van der Waals surface area contributed by atoms with Crippen LogP contribution in [0.1, 0.15) is 6.92 Å². The number of nitro groups is 1. The van der Waals surface area contributed by atoms with Crippen LogP contribution in [0.25, 0.3) is 0 Å². The minimum absolute atomic E-state index is 0.195. The average molecular weight is 323 g/mol. The summed E-state index contributed by atoms with van der Waals surface area (Å²) < 4.78 is 31.5. The van der Waals surface area contributed by atoms with Crippen molar-refractivity contribution in [3.8, 4) is 5.75 Å². The zero-order valence-corrected chi connectivity index (χ0v) is 11.8. The number of carbonyl (C=O) groups excluding carboxylic acids is 1. The van der Waals surface area contributed by atoms with Gasteiger partial charge in [0.05, 0.1) is 5.69 Å². The van der Waals surface area contributed by atoms with Gasteiger partial charge in [0.1, 0.15) is 17.8 Å². The van der Waals surface area contributed by atoms with Crippen LogP contribution in [0.4, 0.5) is 20.3 Å². The largest absolute Gasteiger partial charge is 0.473 e. The monoisotopic (exact) mass is 323 g/mol. The fourth-order valence-corrected chi connectivity index (χ4v) is 1.68. The predicted molar refractivity (Wildman–Crippen MR) is 76.0 cm³/mol. The van der Waals surface area contributed by atoms with E-state index in [0.717, 1.165) is 12.1 Å². The zero-order valence-electron chi connectivity index (χ0n) is 11.8. The Labute approximate surface area is 129 Å². The molecule has 0 spiro atoms. The van der Waals surface area contributed by atoms with Gasteiger partial charge in [-0.25, -0.2) is 8.78 Å². The van der Waals surface area contributed by atoms with Gasteiger partial charge in [0.25, 0.3) is 5.91 Å². The summed E-state index contributed by atoms with van der Waals surface area (Å²) in [5.41, 5.74) is -0.229. The number of amides is 1. The Morgan fingerprint density at radius 3 is 2.78 bits per heavy atom. The molecule has 0 bridgehead atoms. The van der Waals surface area contributed by atoms with Crippen LogP contribution in [0.3, 0.4) is 0 Å². The number of nitrogens with zero attached hydrogens (tertiary/aromatic N) is 2. The molecule has 1 N–H and O–H groups in total. The Bertz CT molecular complexity index is 755. The third-order valence-electron chi connectivity index (χ3n) is 2.79. The van der Waals surface area contributed by atoms with Gasteiger partial charge >= 0.3 is 5.82 Å². The van der Waals surface area contributed by atoms with Gasteiger partial charge in [0.2, 0.25) is 5.75 Å². The molecule has 1 aromatic carbocycles. The minimum Gasteiger partial charge on any atom is -0.473 e. The van der Waals surface area contributed by atoms with E-state index in [2.05, 4.69) is 10.3 Å². The number of rotatable bonds is 5. The highest BCUT2D eigenvalue weighted by atomic mass is 19.1. The van der Waals surface area contributed by atoms with E-state index in [0.29, 0.717) is 6.07 Å². The number of aromatic nitrogens is 1.